The Kier molecular flexibility index (Phi) is 8.88. The molecule has 26 heavy (non-hydrogen) atoms. The molecular formula is C20H36N4O2. The summed E-state index contributed by atoms with van der Waals surface area (Å²) < 4.78 is 5.63. The lowest BCUT2D eigenvalue weighted by molar-refractivity contribution is 0.180. The summed E-state index contributed by atoms with van der Waals surface area (Å²) in [5.74, 6) is 1.52. The van der Waals surface area contributed by atoms with Crippen LogP contribution in [0.2, 0.25) is 0 Å². The third kappa shape index (κ3) is 7.62. The molecule has 1 atom stereocenters. The van der Waals surface area contributed by atoms with Gasteiger partial charge in [0.15, 0.2) is 5.96 Å². The molecule has 0 radical (unpaired) electrons. The van der Waals surface area contributed by atoms with Crippen molar-refractivity contribution < 1.29 is 9.84 Å². The van der Waals surface area contributed by atoms with Gasteiger partial charge in [-0.1, -0.05) is 12.1 Å². The van der Waals surface area contributed by atoms with Crippen molar-refractivity contribution in [2.45, 2.75) is 52.4 Å². The van der Waals surface area contributed by atoms with Crippen LogP contribution >= 0.6 is 0 Å². The summed E-state index contributed by atoms with van der Waals surface area (Å²) in [6.45, 7) is 12.1. The van der Waals surface area contributed by atoms with Gasteiger partial charge in [0, 0.05) is 18.6 Å². The number of aliphatic hydroxyl groups is 1. The molecular weight excluding hydrogens is 328 g/mol. The molecule has 1 rings (SSSR count). The first kappa shape index (κ1) is 22.3. The van der Waals surface area contributed by atoms with Crippen LogP contribution in [0.15, 0.2) is 29.3 Å². The van der Waals surface area contributed by atoms with Crippen molar-refractivity contribution >= 4 is 5.96 Å². The number of nitrogens with one attached hydrogen (secondary N) is 2. The van der Waals surface area contributed by atoms with Crippen molar-refractivity contribution in [3.63, 3.8) is 0 Å². The van der Waals surface area contributed by atoms with Crippen LogP contribution in [0.4, 0.5) is 0 Å². The highest BCUT2D eigenvalue weighted by atomic mass is 16.5. The first-order valence-electron chi connectivity index (χ1n) is 9.30. The lowest BCUT2D eigenvalue weighted by atomic mass is 10.1. The largest absolute Gasteiger partial charge is 0.491 e. The lowest BCUT2D eigenvalue weighted by Gasteiger charge is -2.31. The molecule has 0 heterocycles. The minimum atomic E-state index is -0.617. The summed E-state index contributed by atoms with van der Waals surface area (Å²) in [6.07, 6.45) is -0.480. The van der Waals surface area contributed by atoms with Crippen molar-refractivity contribution in [2.75, 3.05) is 33.7 Å². The Bertz CT molecular complexity index is 553. The van der Waals surface area contributed by atoms with Crippen molar-refractivity contribution in [3.8, 4) is 5.75 Å². The highest BCUT2D eigenvalue weighted by molar-refractivity contribution is 5.79. The van der Waals surface area contributed by atoms with E-state index in [0.717, 1.165) is 17.9 Å². The lowest BCUT2D eigenvalue weighted by Crippen LogP contribution is -2.44. The molecule has 1 unspecified atom stereocenters. The monoisotopic (exact) mass is 364 g/mol. The standard InChI is InChI=1S/C20H36N4O2/c1-8-21-19(23-14-20(4,5)24(6)7)22-13-18(25)16-9-11-17(12-10-16)26-15(2)3/h9-12,15,18,25H,8,13-14H2,1-7H3,(H2,21,22,23). The van der Waals surface area contributed by atoms with Crippen LogP contribution in [0, 0.1) is 0 Å². The Morgan fingerprint density at radius 2 is 1.81 bits per heavy atom. The van der Waals surface area contributed by atoms with E-state index >= 15 is 0 Å². The maximum absolute atomic E-state index is 10.4. The van der Waals surface area contributed by atoms with Crippen molar-refractivity contribution in [1.82, 2.24) is 15.5 Å². The number of hydrogen-bond acceptors (Lipinski definition) is 4. The van der Waals surface area contributed by atoms with Crippen LogP contribution in [0.1, 0.15) is 46.3 Å². The van der Waals surface area contributed by atoms with E-state index in [1.807, 2.05) is 59.1 Å². The van der Waals surface area contributed by atoms with Crippen LogP contribution in [0.25, 0.3) is 0 Å². The summed E-state index contributed by atoms with van der Waals surface area (Å²) in [6, 6.07) is 7.56. The van der Waals surface area contributed by atoms with Gasteiger partial charge in [-0.2, -0.15) is 0 Å². The van der Waals surface area contributed by atoms with Crippen molar-refractivity contribution in [1.29, 1.82) is 0 Å². The summed E-state index contributed by atoms with van der Waals surface area (Å²) in [7, 11) is 4.10. The molecule has 0 saturated heterocycles. The molecule has 0 fully saturated rings. The van der Waals surface area contributed by atoms with E-state index in [-0.39, 0.29) is 11.6 Å². The van der Waals surface area contributed by atoms with Gasteiger partial charge in [-0.05, 0) is 66.4 Å². The summed E-state index contributed by atoms with van der Waals surface area (Å²) >= 11 is 0. The zero-order valence-electron chi connectivity index (χ0n) is 17.3. The fourth-order valence-electron chi connectivity index (χ4n) is 2.11. The third-order valence-electron chi connectivity index (χ3n) is 4.28. The zero-order valence-corrected chi connectivity index (χ0v) is 17.3. The van der Waals surface area contributed by atoms with E-state index in [4.69, 9.17) is 4.74 Å². The molecule has 6 nitrogen and oxygen atoms in total. The molecule has 0 spiro atoms. The Morgan fingerprint density at radius 1 is 1.19 bits per heavy atom. The van der Waals surface area contributed by atoms with Gasteiger partial charge in [-0.25, -0.2) is 0 Å². The van der Waals surface area contributed by atoms with Crippen molar-refractivity contribution in [2.24, 2.45) is 4.99 Å². The molecule has 3 N–H and O–H groups in total. The normalized spacial score (nSPS) is 13.8. The predicted octanol–water partition coefficient (Wildman–Crippen LogP) is 2.40. The molecule has 148 valence electrons. The number of aliphatic imine (C=N–C) groups is 1. The van der Waals surface area contributed by atoms with Gasteiger partial charge < -0.3 is 25.4 Å². The van der Waals surface area contributed by atoms with Gasteiger partial charge in [0.1, 0.15) is 5.75 Å². The quantitative estimate of drug-likeness (QED) is 0.464. The maximum Gasteiger partial charge on any atom is 0.191 e. The van der Waals surface area contributed by atoms with Gasteiger partial charge >= 0.3 is 0 Å². The highest BCUT2D eigenvalue weighted by Gasteiger charge is 2.20. The SMILES string of the molecule is CCNC(=NCC(C)(C)N(C)C)NCC(O)c1ccc(OC(C)C)cc1. The Hall–Kier alpha value is -1.79. The molecule has 0 aliphatic rings. The second-order valence-corrected chi connectivity index (χ2v) is 7.53. The smallest absolute Gasteiger partial charge is 0.191 e. The number of aliphatic hydroxyl groups excluding tert-OH is 1. The van der Waals surface area contributed by atoms with Crippen LogP contribution in [0.5, 0.6) is 5.75 Å². The van der Waals surface area contributed by atoms with Gasteiger partial charge in [-0.15, -0.1) is 0 Å². The zero-order chi connectivity index (χ0) is 19.7. The Balaban J connectivity index is 2.64. The third-order valence-corrected chi connectivity index (χ3v) is 4.28. The summed E-state index contributed by atoms with van der Waals surface area (Å²) in [5, 5.41) is 16.9. The second-order valence-electron chi connectivity index (χ2n) is 7.53. The number of ether oxygens (including phenoxy) is 1. The molecule has 0 bridgehead atoms. The molecule has 0 saturated carbocycles. The molecule has 0 aromatic heterocycles. The second kappa shape index (κ2) is 10.4. The molecule has 0 aliphatic carbocycles. The van der Waals surface area contributed by atoms with E-state index in [0.29, 0.717) is 19.0 Å². The number of benzene rings is 1. The van der Waals surface area contributed by atoms with Crippen LogP contribution in [-0.2, 0) is 0 Å². The Morgan fingerprint density at radius 3 is 2.31 bits per heavy atom. The highest BCUT2D eigenvalue weighted by Crippen LogP contribution is 2.18. The topological polar surface area (TPSA) is 69.1 Å². The predicted molar refractivity (Wildman–Crippen MR) is 109 cm³/mol. The minimum Gasteiger partial charge on any atom is -0.491 e. The van der Waals surface area contributed by atoms with Crippen LogP contribution < -0.4 is 15.4 Å². The fourth-order valence-corrected chi connectivity index (χ4v) is 2.11. The maximum atomic E-state index is 10.4. The molecule has 1 aromatic rings. The van der Waals surface area contributed by atoms with Gasteiger partial charge in [0.2, 0.25) is 0 Å². The first-order chi connectivity index (χ1) is 12.2. The number of nitrogens with zero attached hydrogens (tertiary/aromatic N) is 2. The van der Waals surface area contributed by atoms with E-state index in [9.17, 15) is 5.11 Å². The van der Waals surface area contributed by atoms with Crippen LogP contribution in [0.3, 0.4) is 0 Å². The van der Waals surface area contributed by atoms with Gasteiger partial charge in [0.25, 0.3) is 0 Å². The van der Waals surface area contributed by atoms with Gasteiger partial charge in [0.05, 0.1) is 18.8 Å². The Labute approximate surface area is 158 Å². The van der Waals surface area contributed by atoms with E-state index in [2.05, 4.69) is 34.4 Å². The first-order valence-corrected chi connectivity index (χ1v) is 9.30. The molecule has 0 aliphatic heterocycles. The van der Waals surface area contributed by atoms with Gasteiger partial charge in [-0.3, -0.25) is 4.99 Å². The van der Waals surface area contributed by atoms with E-state index in [1.54, 1.807) is 0 Å². The molecule has 6 heteroatoms. The number of rotatable bonds is 9. The van der Waals surface area contributed by atoms with E-state index < -0.39 is 6.10 Å². The molecule has 0 amide bonds. The van der Waals surface area contributed by atoms with Crippen LogP contribution in [-0.4, -0.2) is 61.3 Å². The van der Waals surface area contributed by atoms with E-state index in [1.165, 1.54) is 0 Å². The fraction of sp³-hybridized carbons (Fsp3) is 0.650. The summed E-state index contributed by atoms with van der Waals surface area (Å²) in [4.78, 5) is 6.79. The number of likely N-dealkylation sites (N-methyl/N-ethyl adjacent to an activating group) is 1. The number of guanidine groups is 1. The van der Waals surface area contributed by atoms with Crippen molar-refractivity contribution in [3.05, 3.63) is 29.8 Å². The number of hydrogen-bond donors (Lipinski definition) is 3. The minimum absolute atomic E-state index is 0.0345. The average Bonchev–Trinajstić information content (AvgIpc) is 2.57. The molecule has 1 aromatic carbocycles. The average molecular weight is 365 g/mol. The summed E-state index contributed by atoms with van der Waals surface area (Å²) in [5.41, 5.74) is 0.811.